The molecule has 1 heterocycles. The highest BCUT2D eigenvalue weighted by Gasteiger charge is 2.38. The summed E-state index contributed by atoms with van der Waals surface area (Å²) in [5, 5.41) is 3.41. The molecule has 5 nitrogen and oxygen atoms in total. The normalized spacial score (nSPS) is 18.3. The maximum atomic E-state index is 13.1. The van der Waals surface area contributed by atoms with E-state index in [-0.39, 0.29) is 17.7 Å². The van der Waals surface area contributed by atoms with Crippen LogP contribution in [0.3, 0.4) is 0 Å². The highest BCUT2D eigenvalue weighted by Crippen LogP contribution is 2.32. The summed E-state index contributed by atoms with van der Waals surface area (Å²) in [5.41, 5.74) is 5.51. The molecule has 0 radical (unpaired) electrons. The van der Waals surface area contributed by atoms with Crippen LogP contribution in [0.1, 0.15) is 32.3 Å². The molecule has 2 rings (SSSR count). The van der Waals surface area contributed by atoms with E-state index in [1.54, 1.807) is 11.0 Å². The molecule has 1 atom stereocenters. The number of hydrogen-bond acceptors (Lipinski definition) is 3. The van der Waals surface area contributed by atoms with E-state index in [0.717, 1.165) is 18.4 Å². The lowest BCUT2D eigenvalue weighted by Gasteiger charge is -2.37. The quantitative estimate of drug-likeness (QED) is 0.851. The summed E-state index contributed by atoms with van der Waals surface area (Å²) in [6.07, 6.45) is 1.62. The summed E-state index contributed by atoms with van der Waals surface area (Å²) in [5.74, 6) is -0.184. The van der Waals surface area contributed by atoms with E-state index in [1.807, 2.05) is 32.0 Å². The van der Waals surface area contributed by atoms with Crippen molar-refractivity contribution in [2.24, 2.45) is 11.7 Å². The molecule has 0 bridgehead atoms. The van der Waals surface area contributed by atoms with Gasteiger partial charge in [-0.15, -0.1) is 0 Å². The smallest absolute Gasteiger partial charge is 0.232 e. The minimum absolute atomic E-state index is 0.00641. The van der Waals surface area contributed by atoms with E-state index in [9.17, 15) is 9.59 Å². The van der Waals surface area contributed by atoms with Crippen LogP contribution in [0.25, 0.3) is 0 Å². The van der Waals surface area contributed by atoms with E-state index in [2.05, 4.69) is 5.32 Å². The van der Waals surface area contributed by atoms with E-state index in [0.29, 0.717) is 31.2 Å². The van der Waals surface area contributed by atoms with Gasteiger partial charge in [0, 0.05) is 31.2 Å². The average Bonchev–Trinajstić information content (AvgIpc) is 2.59. The van der Waals surface area contributed by atoms with Crippen molar-refractivity contribution in [2.75, 3.05) is 26.2 Å². The van der Waals surface area contributed by atoms with Gasteiger partial charge in [0.1, 0.15) is 0 Å². The zero-order chi connectivity index (χ0) is 17.7. The SMILES string of the molecule is CC(C)(C(=O)N1CCCC(C(=O)NCCN)C1)c1ccccc1Cl. The van der Waals surface area contributed by atoms with Gasteiger partial charge in [0.25, 0.3) is 0 Å². The fraction of sp³-hybridized carbons (Fsp3) is 0.556. The zero-order valence-corrected chi connectivity index (χ0v) is 15.1. The highest BCUT2D eigenvalue weighted by atomic mass is 35.5. The number of nitrogens with zero attached hydrogens (tertiary/aromatic N) is 1. The number of amides is 2. The molecule has 24 heavy (non-hydrogen) atoms. The predicted octanol–water partition coefficient (Wildman–Crippen LogP) is 1.93. The lowest BCUT2D eigenvalue weighted by atomic mass is 9.82. The van der Waals surface area contributed by atoms with Crippen LogP contribution in [0.4, 0.5) is 0 Å². The molecule has 0 spiro atoms. The third kappa shape index (κ3) is 4.08. The van der Waals surface area contributed by atoms with E-state index < -0.39 is 5.41 Å². The largest absolute Gasteiger partial charge is 0.355 e. The summed E-state index contributed by atoms with van der Waals surface area (Å²) >= 11 is 6.28. The number of halogens is 1. The van der Waals surface area contributed by atoms with Gasteiger partial charge in [-0.2, -0.15) is 0 Å². The Morgan fingerprint density at radius 2 is 2.08 bits per heavy atom. The van der Waals surface area contributed by atoms with Crippen LogP contribution in [-0.2, 0) is 15.0 Å². The Labute approximate surface area is 148 Å². The van der Waals surface area contributed by atoms with Gasteiger partial charge >= 0.3 is 0 Å². The van der Waals surface area contributed by atoms with Gasteiger partial charge in [0.2, 0.25) is 11.8 Å². The third-order valence-corrected chi connectivity index (χ3v) is 4.93. The number of nitrogens with one attached hydrogen (secondary N) is 1. The number of carbonyl (C=O) groups excluding carboxylic acids is 2. The second-order valence-corrected chi connectivity index (χ2v) is 7.18. The van der Waals surface area contributed by atoms with Crippen molar-refractivity contribution in [3.8, 4) is 0 Å². The Bertz CT molecular complexity index is 604. The number of hydrogen-bond donors (Lipinski definition) is 2. The first-order chi connectivity index (χ1) is 11.4. The standard InChI is InChI=1S/C18H26ClN3O2/c1-18(2,14-7-3-4-8-15(14)19)17(24)22-11-5-6-13(12-22)16(23)21-10-9-20/h3-4,7-8,13H,5-6,9-12,20H2,1-2H3,(H,21,23). The number of carbonyl (C=O) groups is 2. The van der Waals surface area contributed by atoms with Crippen molar-refractivity contribution in [1.29, 1.82) is 0 Å². The second kappa shape index (κ2) is 7.99. The van der Waals surface area contributed by atoms with Gasteiger partial charge < -0.3 is 16.0 Å². The lowest BCUT2D eigenvalue weighted by molar-refractivity contribution is -0.140. The van der Waals surface area contributed by atoms with Crippen molar-refractivity contribution in [2.45, 2.75) is 32.1 Å². The first-order valence-corrected chi connectivity index (χ1v) is 8.78. The van der Waals surface area contributed by atoms with Gasteiger partial charge in [0.15, 0.2) is 0 Å². The summed E-state index contributed by atoms with van der Waals surface area (Å²) in [4.78, 5) is 27.0. The van der Waals surface area contributed by atoms with E-state index >= 15 is 0 Å². The van der Waals surface area contributed by atoms with E-state index in [1.165, 1.54) is 0 Å². The van der Waals surface area contributed by atoms with Crippen LogP contribution in [0.15, 0.2) is 24.3 Å². The topological polar surface area (TPSA) is 75.4 Å². The molecule has 1 aliphatic rings. The molecule has 3 N–H and O–H groups in total. The number of rotatable bonds is 5. The van der Waals surface area contributed by atoms with Crippen LogP contribution in [-0.4, -0.2) is 42.9 Å². The molecular formula is C18H26ClN3O2. The Hall–Kier alpha value is -1.59. The van der Waals surface area contributed by atoms with Gasteiger partial charge in [-0.1, -0.05) is 29.8 Å². The van der Waals surface area contributed by atoms with Crippen molar-refractivity contribution in [3.05, 3.63) is 34.9 Å². The molecule has 1 aromatic rings. The van der Waals surface area contributed by atoms with E-state index in [4.69, 9.17) is 17.3 Å². The Morgan fingerprint density at radius 1 is 1.38 bits per heavy atom. The number of likely N-dealkylation sites (tertiary alicyclic amines) is 1. The van der Waals surface area contributed by atoms with Gasteiger partial charge in [-0.05, 0) is 38.3 Å². The number of nitrogens with two attached hydrogens (primary N) is 1. The Balaban J connectivity index is 2.11. The first-order valence-electron chi connectivity index (χ1n) is 8.40. The molecule has 6 heteroatoms. The molecule has 132 valence electrons. The maximum absolute atomic E-state index is 13.1. The molecular weight excluding hydrogens is 326 g/mol. The third-order valence-electron chi connectivity index (χ3n) is 4.60. The molecule has 1 unspecified atom stereocenters. The summed E-state index contributed by atoms with van der Waals surface area (Å²) in [6.45, 7) is 5.77. The Morgan fingerprint density at radius 3 is 2.75 bits per heavy atom. The monoisotopic (exact) mass is 351 g/mol. The second-order valence-electron chi connectivity index (χ2n) is 6.77. The van der Waals surface area contributed by atoms with Crippen molar-refractivity contribution >= 4 is 23.4 Å². The van der Waals surface area contributed by atoms with Crippen LogP contribution in [0, 0.1) is 5.92 Å². The first kappa shape index (κ1) is 18.7. The fourth-order valence-electron chi connectivity index (χ4n) is 3.19. The summed E-state index contributed by atoms with van der Waals surface area (Å²) in [7, 11) is 0. The molecule has 1 fully saturated rings. The minimum atomic E-state index is -0.728. The van der Waals surface area contributed by atoms with Crippen molar-refractivity contribution < 1.29 is 9.59 Å². The molecule has 0 aromatic heterocycles. The summed E-state index contributed by atoms with van der Waals surface area (Å²) in [6, 6.07) is 7.42. The zero-order valence-electron chi connectivity index (χ0n) is 14.3. The highest BCUT2D eigenvalue weighted by molar-refractivity contribution is 6.31. The molecule has 2 amide bonds. The minimum Gasteiger partial charge on any atom is -0.355 e. The molecule has 1 saturated heterocycles. The number of piperidine rings is 1. The van der Waals surface area contributed by atoms with Crippen molar-refractivity contribution in [3.63, 3.8) is 0 Å². The maximum Gasteiger partial charge on any atom is 0.232 e. The van der Waals surface area contributed by atoms with Crippen LogP contribution < -0.4 is 11.1 Å². The average molecular weight is 352 g/mol. The molecule has 0 saturated carbocycles. The van der Waals surface area contributed by atoms with Gasteiger partial charge in [-0.25, -0.2) is 0 Å². The van der Waals surface area contributed by atoms with Crippen molar-refractivity contribution in [1.82, 2.24) is 10.2 Å². The van der Waals surface area contributed by atoms with Crippen LogP contribution >= 0.6 is 11.6 Å². The number of benzene rings is 1. The molecule has 1 aromatic carbocycles. The lowest BCUT2D eigenvalue weighted by Crippen LogP contribution is -2.51. The summed E-state index contributed by atoms with van der Waals surface area (Å²) < 4.78 is 0. The molecule has 0 aliphatic carbocycles. The Kier molecular flexibility index (Phi) is 6.24. The van der Waals surface area contributed by atoms with Gasteiger partial charge in [-0.3, -0.25) is 9.59 Å². The molecule has 1 aliphatic heterocycles. The van der Waals surface area contributed by atoms with Crippen LogP contribution in [0.5, 0.6) is 0 Å². The fourth-order valence-corrected chi connectivity index (χ4v) is 3.57. The predicted molar refractivity (Wildman–Crippen MR) is 95.8 cm³/mol. The van der Waals surface area contributed by atoms with Gasteiger partial charge in [0.05, 0.1) is 11.3 Å². The van der Waals surface area contributed by atoms with Crippen LogP contribution in [0.2, 0.25) is 5.02 Å².